The number of benzene rings is 2. The number of nitrogens with zero attached hydrogens (tertiary/aromatic N) is 2. The minimum Gasteiger partial charge on any atom is -0.493 e. The van der Waals surface area contributed by atoms with Gasteiger partial charge >= 0.3 is 0 Å². The Hall–Kier alpha value is -3.24. The highest BCUT2D eigenvalue weighted by atomic mass is 16.5. The zero-order valence-corrected chi connectivity index (χ0v) is 12.3. The molecule has 0 saturated heterocycles. The minimum absolute atomic E-state index is 0.254. The monoisotopic (exact) mass is 290 g/mol. The van der Waals surface area contributed by atoms with Crippen LogP contribution < -0.4 is 9.47 Å². The quantitative estimate of drug-likeness (QED) is 0.636. The molecule has 2 aromatic carbocycles. The summed E-state index contributed by atoms with van der Waals surface area (Å²) in [6.07, 6.45) is 0. The van der Waals surface area contributed by atoms with Gasteiger partial charge in [0, 0.05) is 5.56 Å². The summed E-state index contributed by atoms with van der Waals surface area (Å²) in [5, 5.41) is 19.1. The first-order chi connectivity index (χ1) is 10.8. The van der Waals surface area contributed by atoms with Crippen molar-refractivity contribution in [3.63, 3.8) is 0 Å². The van der Waals surface area contributed by atoms with Crippen LogP contribution in [0.4, 0.5) is 0 Å². The maximum absolute atomic E-state index is 9.57. The average molecular weight is 290 g/mol. The molecule has 2 aromatic rings. The van der Waals surface area contributed by atoms with E-state index in [-0.39, 0.29) is 5.57 Å². The summed E-state index contributed by atoms with van der Waals surface area (Å²) in [6, 6.07) is 18.6. The van der Waals surface area contributed by atoms with Gasteiger partial charge in [-0.25, -0.2) is 0 Å². The SMILES string of the molecule is COc1cccc(C(C#N)=C(C#N)c2ccccc2)c1OC. The average Bonchev–Trinajstić information content (AvgIpc) is 2.59. The van der Waals surface area contributed by atoms with Gasteiger partial charge in [-0.3, -0.25) is 0 Å². The van der Waals surface area contributed by atoms with Crippen molar-refractivity contribution in [3.05, 3.63) is 59.7 Å². The smallest absolute Gasteiger partial charge is 0.169 e. The number of para-hydroxylation sites is 1. The fraction of sp³-hybridized carbons (Fsp3) is 0.111. The Labute approximate surface area is 129 Å². The Morgan fingerprint density at radius 3 is 2.05 bits per heavy atom. The standard InChI is InChI=1S/C18H14N2O2/c1-21-17-10-6-9-14(18(17)22-2)16(12-20)15(11-19)13-7-4-3-5-8-13/h3-10H,1-2H3. The van der Waals surface area contributed by atoms with E-state index in [2.05, 4.69) is 12.1 Å². The summed E-state index contributed by atoms with van der Waals surface area (Å²) in [7, 11) is 3.03. The van der Waals surface area contributed by atoms with Crippen LogP contribution in [0.25, 0.3) is 11.1 Å². The molecule has 0 unspecified atom stereocenters. The Bertz CT molecular complexity index is 781. The molecule has 22 heavy (non-hydrogen) atoms. The lowest BCUT2D eigenvalue weighted by Crippen LogP contribution is -1.97. The van der Waals surface area contributed by atoms with Gasteiger partial charge in [-0.1, -0.05) is 36.4 Å². The molecule has 0 aliphatic heterocycles. The lowest BCUT2D eigenvalue weighted by molar-refractivity contribution is 0.354. The fourth-order valence-electron chi connectivity index (χ4n) is 2.20. The van der Waals surface area contributed by atoms with Crippen molar-refractivity contribution in [2.24, 2.45) is 0 Å². The number of hydrogen-bond acceptors (Lipinski definition) is 4. The van der Waals surface area contributed by atoms with E-state index >= 15 is 0 Å². The second kappa shape index (κ2) is 6.97. The van der Waals surface area contributed by atoms with E-state index in [4.69, 9.17) is 9.47 Å². The van der Waals surface area contributed by atoms with E-state index in [1.807, 2.05) is 18.2 Å². The molecular weight excluding hydrogens is 276 g/mol. The summed E-state index contributed by atoms with van der Waals surface area (Å²) >= 11 is 0. The van der Waals surface area contributed by atoms with Crippen LogP contribution in [0.1, 0.15) is 11.1 Å². The van der Waals surface area contributed by atoms with E-state index in [1.165, 1.54) is 14.2 Å². The van der Waals surface area contributed by atoms with Crippen molar-refractivity contribution < 1.29 is 9.47 Å². The third kappa shape index (κ3) is 2.77. The van der Waals surface area contributed by atoms with E-state index in [0.29, 0.717) is 28.2 Å². The van der Waals surface area contributed by atoms with Crippen LogP contribution in [-0.4, -0.2) is 14.2 Å². The highest BCUT2D eigenvalue weighted by molar-refractivity contribution is 6.04. The predicted octanol–water partition coefficient (Wildman–Crippen LogP) is 3.66. The first-order valence-electron chi connectivity index (χ1n) is 6.58. The number of methoxy groups -OCH3 is 2. The van der Waals surface area contributed by atoms with Crippen LogP contribution in [0.5, 0.6) is 11.5 Å². The molecule has 4 heteroatoms. The van der Waals surface area contributed by atoms with Crippen LogP contribution in [0.15, 0.2) is 48.5 Å². The first-order valence-corrected chi connectivity index (χ1v) is 6.58. The van der Waals surface area contributed by atoms with Crippen LogP contribution in [0.3, 0.4) is 0 Å². The van der Waals surface area contributed by atoms with Crippen LogP contribution >= 0.6 is 0 Å². The highest BCUT2D eigenvalue weighted by Crippen LogP contribution is 2.37. The number of allylic oxidation sites excluding steroid dienone is 2. The number of hydrogen-bond donors (Lipinski definition) is 0. The topological polar surface area (TPSA) is 66.0 Å². The van der Waals surface area contributed by atoms with Crippen molar-refractivity contribution >= 4 is 11.1 Å². The molecule has 2 rings (SSSR count). The molecule has 108 valence electrons. The van der Waals surface area contributed by atoms with Crippen LogP contribution in [-0.2, 0) is 0 Å². The van der Waals surface area contributed by atoms with Crippen molar-refractivity contribution in [2.75, 3.05) is 14.2 Å². The molecule has 0 radical (unpaired) electrons. The normalized spacial score (nSPS) is 10.9. The van der Waals surface area contributed by atoms with Gasteiger partial charge < -0.3 is 9.47 Å². The van der Waals surface area contributed by atoms with Gasteiger partial charge in [0.25, 0.3) is 0 Å². The Morgan fingerprint density at radius 2 is 1.50 bits per heavy atom. The maximum atomic E-state index is 9.57. The van der Waals surface area contributed by atoms with Gasteiger partial charge in [0.15, 0.2) is 11.5 Å². The second-order valence-electron chi connectivity index (χ2n) is 4.38. The van der Waals surface area contributed by atoms with Crippen molar-refractivity contribution in [1.82, 2.24) is 0 Å². The molecule has 0 spiro atoms. The summed E-state index contributed by atoms with van der Waals surface area (Å²) < 4.78 is 10.6. The zero-order valence-electron chi connectivity index (χ0n) is 12.3. The molecule has 0 heterocycles. The minimum atomic E-state index is 0.254. The third-order valence-corrected chi connectivity index (χ3v) is 3.21. The molecule has 4 nitrogen and oxygen atoms in total. The van der Waals surface area contributed by atoms with E-state index in [0.717, 1.165) is 0 Å². The second-order valence-corrected chi connectivity index (χ2v) is 4.38. The van der Waals surface area contributed by atoms with Gasteiger partial charge in [0.2, 0.25) is 0 Å². The van der Waals surface area contributed by atoms with E-state index in [9.17, 15) is 10.5 Å². The number of ether oxygens (including phenoxy) is 2. The lowest BCUT2D eigenvalue weighted by atomic mass is 9.95. The zero-order chi connectivity index (χ0) is 15.9. The summed E-state index contributed by atoms with van der Waals surface area (Å²) in [5.41, 5.74) is 1.77. The predicted molar refractivity (Wildman–Crippen MR) is 84.0 cm³/mol. The Balaban J connectivity index is 2.75. The van der Waals surface area contributed by atoms with Crippen molar-refractivity contribution in [2.45, 2.75) is 0 Å². The summed E-state index contributed by atoms with van der Waals surface area (Å²) in [6.45, 7) is 0. The van der Waals surface area contributed by atoms with Gasteiger partial charge in [0.1, 0.15) is 12.1 Å². The summed E-state index contributed by atoms with van der Waals surface area (Å²) in [5.74, 6) is 0.948. The molecule has 0 aliphatic rings. The largest absolute Gasteiger partial charge is 0.493 e. The van der Waals surface area contributed by atoms with Gasteiger partial charge in [0.05, 0.1) is 25.4 Å². The van der Waals surface area contributed by atoms with Crippen molar-refractivity contribution in [3.8, 4) is 23.6 Å². The van der Waals surface area contributed by atoms with Crippen molar-refractivity contribution in [1.29, 1.82) is 10.5 Å². The van der Waals surface area contributed by atoms with Gasteiger partial charge in [-0.2, -0.15) is 10.5 Å². The van der Waals surface area contributed by atoms with E-state index < -0.39 is 0 Å². The van der Waals surface area contributed by atoms with Gasteiger partial charge in [-0.05, 0) is 17.7 Å². The molecule has 0 fully saturated rings. The molecule has 0 aromatic heterocycles. The fourth-order valence-corrected chi connectivity index (χ4v) is 2.20. The molecule has 0 atom stereocenters. The molecule has 0 amide bonds. The Morgan fingerprint density at radius 1 is 0.818 bits per heavy atom. The number of nitriles is 2. The lowest BCUT2D eigenvalue weighted by Gasteiger charge is -2.13. The summed E-state index contributed by atoms with van der Waals surface area (Å²) in [4.78, 5) is 0. The first kappa shape index (κ1) is 15.2. The highest BCUT2D eigenvalue weighted by Gasteiger charge is 2.18. The number of rotatable bonds is 4. The third-order valence-electron chi connectivity index (χ3n) is 3.21. The Kier molecular flexibility index (Phi) is 4.80. The molecule has 0 bridgehead atoms. The van der Waals surface area contributed by atoms with E-state index in [1.54, 1.807) is 30.3 Å². The molecule has 0 N–H and O–H groups in total. The maximum Gasteiger partial charge on any atom is 0.169 e. The molecular formula is C18H14N2O2. The van der Waals surface area contributed by atoms with Gasteiger partial charge in [-0.15, -0.1) is 0 Å². The van der Waals surface area contributed by atoms with Crippen LogP contribution in [0, 0.1) is 22.7 Å². The molecule has 0 aliphatic carbocycles. The van der Waals surface area contributed by atoms with Crippen LogP contribution in [0.2, 0.25) is 0 Å². The molecule has 0 saturated carbocycles.